The van der Waals surface area contributed by atoms with Gasteiger partial charge in [-0.2, -0.15) is 0 Å². The van der Waals surface area contributed by atoms with Crippen LogP contribution in [0, 0.1) is 50.7 Å². The Morgan fingerprint density at radius 3 is 2.15 bits per heavy atom. The molecular weight excluding hydrogens is 424 g/mol. The number of rotatable bonds is 5. The summed E-state index contributed by atoms with van der Waals surface area (Å²) in [5.74, 6) is 1.27. The van der Waals surface area contributed by atoms with Crippen LogP contribution in [-0.2, 0) is 0 Å². The lowest BCUT2D eigenvalue weighted by atomic mass is 9.41. The second kappa shape index (κ2) is 7.79. The van der Waals surface area contributed by atoms with Crippen molar-refractivity contribution in [3.05, 3.63) is 11.6 Å². The van der Waals surface area contributed by atoms with Crippen molar-refractivity contribution in [2.45, 2.75) is 118 Å². The van der Waals surface area contributed by atoms with Crippen LogP contribution in [0.25, 0.3) is 0 Å². The minimum atomic E-state index is -0.927. The normalized spacial score (nSPS) is 51.2. The highest BCUT2D eigenvalue weighted by Crippen LogP contribution is 2.89. The lowest BCUT2D eigenvalue weighted by molar-refractivity contribution is -0.167. The summed E-state index contributed by atoms with van der Waals surface area (Å²) in [5, 5.41) is 43.1. The number of hydrogen-bond donors (Lipinski definition) is 4. The van der Waals surface area contributed by atoms with E-state index >= 15 is 0 Å². The Labute approximate surface area is 207 Å². The Kier molecular flexibility index (Phi) is 5.78. The fourth-order valence-corrected chi connectivity index (χ4v) is 11.2. The quantitative estimate of drug-likeness (QED) is 0.419. The maximum Gasteiger partial charge on any atom is 0.0986 e. The van der Waals surface area contributed by atoms with E-state index in [0.717, 1.165) is 31.3 Å². The van der Waals surface area contributed by atoms with Gasteiger partial charge in [0.25, 0.3) is 0 Å². The lowest BCUT2D eigenvalue weighted by Crippen LogP contribution is -2.58. The molecule has 0 aliphatic heterocycles. The molecule has 0 aromatic carbocycles. The van der Waals surface area contributed by atoms with Crippen molar-refractivity contribution in [2.75, 3.05) is 6.61 Å². The van der Waals surface area contributed by atoms with E-state index < -0.39 is 12.2 Å². The first-order valence-corrected chi connectivity index (χ1v) is 14.1. The molecule has 34 heavy (non-hydrogen) atoms. The molecule has 0 bridgehead atoms. The molecule has 0 saturated heterocycles. The molecule has 5 rings (SSSR count). The topological polar surface area (TPSA) is 80.9 Å². The van der Waals surface area contributed by atoms with E-state index in [1.165, 1.54) is 32.1 Å². The monoisotopic (exact) mass is 474 g/mol. The molecule has 5 fully saturated rings. The van der Waals surface area contributed by atoms with Crippen LogP contribution in [0.2, 0.25) is 0 Å². The fourth-order valence-electron chi connectivity index (χ4n) is 11.2. The van der Waals surface area contributed by atoms with Gasteiger partial charge in [0.15, 0.2) is 0 Å². The number of allylic oxidation sites excluding steroid dienone is 1. The molecule has 11 atom stereocenters. The summed E-state index contributed by atoms with van der Waals surface area (Å²) in [4.78, 5) is 0. The van der Waals surface area contributed by atoms with Crippen LogP contribution in [0.3, 0.4) is 0 Å². The van der Waals surface area contributed by atoms with Gasteiger partial charge >= 0.3 is 0 Å². The van der Waals surface area contributed by atoms with E-state index in [1.54, 1.807) is 6.08 Å². The van der Waals surface area contributed by atoms with Crippen LogP contribution in [0.15, 0.2) is 11.6 Å². The minimum absolute atomic E-state index is 0.0136. The molecule has 5 aliphatic rings. The molecule has 5 saturated carbocycles. The third-order valence-electron chi connectivity index (χ3n) is 13.2. The van der Waals surface area contributed by atoms with Crippen molar-refractivity contribution in [1.29, 1.82) is 0 Å². The van der Waals surface area contributed by atoms with Crippen LogP contribution in [0.1, 0.15) is 99.3 Å². The Morgan fingerprint density at radius 2 is 1.50 bits per heavy atom. The van der Waals surface area contributed by atoms with Crippen molar-refractivity contribution in [3.63, 3.8) is 0 Å². The van der Waals surface area contributed by atoms with E-state index in [9.17, 15) is 20.4 Å². The maximum atomic E-state index is 11.1. The molecule has 0 amide bonds. The maximum absolute atomic E-state index is 11.1. The number of hydrogen-bond acceptors (Lipinski definition) is 4. The van der Waals surface area contributed by atoms with E-state index in [2.05, 4.69) is 27.7 Å². The Balaban J connectivity index is 1.44. The Morgan fingerprint density at radius 1 is 0.853 bits per heavy atom. The van der Waals surface area contributed by atoms with Crippen molar-refractivity contribution < 1.29 is 20.4 Å². The average Bonchev–Trinajstić information content (AvgIpc) is 3.36. The van der Waals surface area contributed by atoms with Gasteiger partial charge in [0.2, 0.25) is 0 Å². The molecule has 0 radical (unpaired) electrons. The van der Waals surface area contributed by atoms with Crippen molar-refractivity contribution >= 4 is 0 Å². The highest BCUT2D eigenvalue weighted by atomic mass is 16.3. The van der Waals surface area contributed by atoms with Crippen molar-refractivity contribution in [2.24, 2.45) is 50.7 Å². The zero-order chi connectivity index (χ0) is 24.9. The second-order valence-electron chi connectivity index (χ2n) is 14.6. The van der Waals surface area contributed by atoms with Crippen LogP contribution in [0.5, 0.6) is 0 Å². The summed E-state index contributed by atoms with van der Waals surface area (Å²) in [6.07, 6.45) is 10.3. The summed E-state index contributed by atoms with van der Waals surface area (Å²) in [5.41, 5.74) is 2.14. The Bertz CT molecular complexity index is 847. The smallest absolute Gasteiger partial charge is 0.0986 e. The SMILES string of the molecule is CC(C)=C[C@H](O)[C@@H](O)[C@@H](CO)[C@H]1CC[C@@]2(C)[C@@H]3CC[C@H]4C(C)(C)[C@@H](O)CC[C@@]45C[C@@]35CC[C@]12C. The zero-order valence-electron chi connectivity index (χ0n) is 22.5. The van der Waals surface area contributed by atoms with Crippen molar-refractivity contribution in [1.82, 2.24) is 0 Å². The summed E-state index contributed by atoms with van der Waals surface area (Å²) < 4.78 is 0. The molecule has 0 unspecified atom stereocenters. The third kappa shape index (κ3) is 2.98. The standard InChI is InChI=1S/C30H50O4/c1-18(2)15-21(32)25(34)19(16-31)20-9-11-28(6)23-8-7-22-26(3,4)24(33)10-12-29(22)17-30(23,29)14-13-27(20,28)5/h15,19-25,31-34H,7-14,16-17H2,1-6H3/t19-,20+,21-,22-,23-,24-,25-,27+,28-,29+,30-/m0/s1. The van der Waals surface area contributed by atoms with Gasteiger partial charge in [0, 0.05) is 12.5 Å². The van der Waals surface area contributed by atoms with Gasteiger partial charge in [-0.25, -0.2) is 0 Å². The van der Waals surface area contributed by atoms with Gasteiger partial charge in [0.05, 0.1) is 18.3 Å². The summed E-state index contributed by atoms with van der Waals surface area (Å²) in [6.45, 7) is 13.4. The average molecular weight is 475 g/mol. The summed E-state index contributed by atoms with van der Waals surface area (Å²) in [6, 6.07) is 0. The molecule has 0 heterocycles. The third-order valence-corrected chi connectivity index (χ3v) is 13.2. The molecule has 194 valence electrons. The van der Waals surface area contributed by atoms with E-state index in [4.69, 9.17) is 0 Å². The molecule has 4 heteroatoms. The van der Waals surface area contributed by atoms with Crippen molar-refractivity contribution in [3.8, 4) is 0 Å². The van der Waals surface area contributed by atoms with Gasteiger partial charge < -0.3 is 20.4 Å². The lowest BCUT2D eigenvalue weighted by Gasteiger charge is -2.63. The minimum Gasteiger partial charge on any atom is -0.396 e. The van der Waals surface area contributed by atoms with Gasteiger partial charge in [0.1, 0.15) is 0 Å². The second-order valence-corrected chi connectivity index (χ2v) is 14.6. The molecule has 4 nitrogen and oxygen atoms in total. The first kappa shape index (κ1) is 25.2. The number of aliphatic hydroxyl groups excluding tert-OH is 4. The first-order valence-electron chi connectivity index (χ1n) is 14.1. The summed E-state index contributed by atoms with van der Waals surface area (Å²) in [7, 11) is 0. The van der Waals surface area contributed by atoms with Gasteiger partial charge in [-0.15, -0.1) is 0 Å². The first-order chi connectivity index (χ1) is 15.8. The molecule has 0 aromatic rings. The molecule has 2 spiro atoms. The number of aliphatic hydroxyl groups is 4. The predicted octanol–water partition coefficient (Wildman–Crippen LogP) is 5.08. The molecular formula is C30H50O4. The van der Waals surface area contributed by atoms with Crippen LogP contribution < -0.4 is 0 Å². The zero-order valence-corrected chi connectivity index (χ0v) is 22.5. The summed E-state index contributed by atoms with van der Waals surface area (Å²) >= 11 is 0. The molecule has 5 aliphatic carbocycles. The van der Waals surface area contributed by atoms with Gasteiger partial charge in [-0.3, -0.25) is 0 Å². The highest BCUT2D eigenvalue weighted by Gasteiger charge is 2.82. The van der Waals surface area contributed by atoms with E-state index in [1.807, 2.05) is 13.8 Å². The fraction of sp³-hybridized carbons (Fsp3) is 0.933. The van der Waals surface area contributed by atoms with Crippen LogP contribution >= 0.6 is 0 Å². The van der Waals surface area contributed by atoms with Crippen LogP contribution in [0.4, 0.5) is 0 Å². The van der Waals surface area contributed by atoms with E-state index in [-0.39, 0.29) is 40.8 Å². The van der Waals surface area contributed by atoms with Gasteiger partial charge in [-0.1, -0.05) is 39.3 Å². The van der Waals surface area contributed by atoms with E-state index in [0.29, 0.717) is 22.7 Å². The number of fused-ring (bicyclic) bond motifs is 2. The predicted molar refractivity (Wildman–Crippen MR) is 135 cm³/mol. The highest BCUT2D eigenvalue weighted by molar-refractivity contribution is 5.30. The molecule has 0 aromatic heterocycles. The van der Waals surface area contributed by atoms with Gasteiger partial charge in [-0.05, 0) is 116 Å². The Hall–Kier alpha value is -0.420. The largest absolute Gasteiger partial charge is 0.396 e. The molecule has 4 N–H and O–H groups in total. The van der Waals surface area contributed by atoms with Crippen LogP contribution in [-0.4, -0.2) is 45.3 Å².